The number of halogens is 1. The molecule has 0 atom stereocenters. The Bertz CT molecular complexity index is 1060. The second-order valence-corrected chi connectivity index (χ2v) is 8.40. The number of hydrogen-bond acceptors (Lipinski definition) is 6. The van der Waals surface area contributed by atoms with Crippen molar-refractivity contribution in [1.82, 2.24) is 9.97 Å². The summed E-state index contributed by atoms with van der Waals surface area (Å²) in [6.45, 7) is 0.224. The fraction of sp³-hybridized carbons (Fsp3) is 0.250. The van der Waals surface area contributed by atoms with E-state index in [1.807, 2.05) is 24.3 Å². The van der Waals surface area contributed by atoms with E-state index in [2.05, 4.69) is 15.3 Å². The van der Waals surface area contributed by atoms with Crippen molar-refractivity contribution >= 4 is 34.0 Å². The van der Waals surface area contributed by atoms with Crippen LogP contribution in [0.2, 0.25) is 5.02 Å². The number of carbonyl (C=O) groups excluding carboxylic acids is 1. The molecular formula is C20H16ClN3O3S. The Morgan fingerprint density at radius 3 is 2.89 bits per heavy atom. The van der Waals surface area contributed by atoms with Crippen LogP contribution in [0.1, 0.15) is 28.8 Å². The lowest BCUT2D eigenvalue weighted by Crippen LogP contribution is -2.27. The minimum absolute atomic E-state index is 0.0331. The summed E-state index contributed by atoms with van der Waals surface area (Å²) in [5.74, 6) is 1.39. The second kappa shape index (κ2) is 6.76. The zero-order chi connectivity index (χ0) is 19.1. The molecule has 0 bridgehead atoms. The van der Waals surface area contributed by atoms with Crippen molar-refractivity contribution in [1.29, 1.82) is 0 Å². The van der Waals surface area contributed by atoms with E-state index in [4.69, 9.17) is 21.1 Å². The average molecular weight is 414 g/mol. The average Bonchev–Trinajstić information content (AvgIpc) is 3.18. The molecule has 0 spiro atoms. The number of anilines is 1. The zero-order valence-corrected chi connectivity index (χ0v) is 16.3. The first-order chi connectivity index (χ1) is 13.6. The normalized spacial score (nSPS) is 16.0. The lowest BCUT2D eigenvalue weighted by Gasteiger charge is -2.15. The number of carbonyl (C=O) groups is 1. The van der Waals surface area contributed by atoms with E-state index in [1.54, 1.807) is 18.6 Å². The number of aromatic nitrogens is 2. The molecule has 3 aromatic rings. The molecule has 1 amide bonds. The summed E-state index contributed by atoms with van der Waals surface area (Å²) in [6.07, 6.45) is 7.39. The summed E-state index contributed by atoms with van der Waals surface area (Å²) in [5, 5.41) is 4.20. The molecule has 1 aromatic carbocycles. The maximum absolute atomic E-state index is 13.0. The number of amides is 1. The van der Waals surface area contributed by atoms with E-state index < -0.39 is 5.41 Å². The highest BCUT2D eigenvalue weighted by Gasteiger charge is 2.52. The van der Waals surface area contributed by atoms with Gasteiger partial charge in [0.1, 0.15) is 0 Å². The molecule has 5 rings (SSSR count). The van der Waals surface area contributed by atoms with Gasteiger partial charge in [-0.1, -0.05) is 17.7 Å². The fourth-order valence-electron chi connectivity index (χ4n) is 3.36. The molecule has 28 heavy (non-hydrogen) atoms. The third-order valence-corrected chi connectivity index (χ3v) is 6.36. The van der Waals surface area contributed by atoms with Crippen LogP contribution in [0.25, 0.3) is 0 Å². The Hall–Kier alpha value is -2.64. The molecule has 1 fully saturated rings. The maximum atomic E-state index is 13.0. The first-order valence-corrected chi connectivity index (χ1v) is 10.1. The third kappa shape index (κ3) is 3.10. The summed E-state index contributed by atoms with van der Waals surface area (Å²) in [7, 11) is 0. The van der Waals surface area contributed by atoms with Crippen molar-refractivity contribution < 1.29 is 14.3 Å². The number of benzene rings is 1. The standard InChI is InChI=1S/C20H16ClN3O3S/c21-15-10-22-6-3-12(15)7-14-9-23-19(28-14)24-18(25)20(4-5-20)13-1-2-16-17(8-13)27-11-26-16/h1-3,6,8-10H,4-5,7,11H2,(H,23,24,25). The van der Waals surface area contributed by atoms with Gasteiger partial charge in [-0.3, -0.25) is 9.78 Å². The van der Waals surface area contributed by atoms with E-state index in [0.717, 1.165) is 34.6 Å². The molecule has 6 nitrogen and oxygen atoms in total. The van der Waals surface area contributed by atoms with Crippen molar-refractivity contribution in [3.8, 4) is 11.5 Å². The van der Waals surface area contributed by atoms with Crippen LogP contribution < -0.4 is 14.8 Å². The predicted molar refractivity (Wildman–Crippen MR) is 106 cm³/mol. The molecule has 8 heteroatoms. The van der Waals surface area contributed by atoms with Gasteiger partial charge >= 0.3 is 0 Å². The van der Waals surface area contributed by atoms with Gasteiger partial charge in [-0.2, -0.15) is 0 Å². The third-order valence-electron chi connectivity index (χ3n) is 5.10. The molecule has 1 aliphatic carbocycles. The summed E-state index contributed by atoms with van der Waals surface area (Å²) in [5.41, 5.74) is 1.42. The maximum Gasteiger partial charge on any atom is 0.236 e. The SMILES string of the molecule is O=C(Nc1ncc(Cc2ccncc2Cl)s1)C1(c2ccc3c(c2)OCO3)CC1. The molecule has 3 heterocycles. The molecule has 1 saturated carbocycles. The van der Waals surface area contributed by atoms with Gasteiger partial charge in [-0.05, 0) is 42.2 Å². The van der Waals surface area contributed by atoms with Crippen molar-refractivity contribution in [2.45, 2.75) is 24.7 Å². The molecular weight excluding hydrogens is 398 g/mol. The highest BCUT2D eigenvalue weighted by molar-refractivity contribution is 7.15. The number of ether oxygens (including phenoxy) is 2. The molecule has 2 aliphatic rings. The Balaban J connectivity index is 1.31. The quantitative estimate of drug-likeness (QED) is 0.679. The van der Waals surface area contributed by atoms with Gasteiger partial charge < -0.3 is 14.8 Å². The van der Waals surface area contributed by atoms with Gasteiger partial charge in [0.25, 0.3) is 0 Å². The van der Waals surface area contributed by atoms with Crippen molar-refractivity contribution in [2.75, 3.05) is 12.1 Å². The summed E-state index contributed by atoms with van der Waals surface area (Å²) in [6, 6.07) is 7.61. The van der Waals surface area contributed by atoms with Gasteiger partial charge in [0, 0.05) is 29.9 Å². The Morgan fingerprint density at radius 1 is 1.21 bits per heavy atom. The highest BCUT2D eigenvalue weighted by Crippen LogP contribution is 2.51. The summed E-state index contributed by atoms with van der Waals surface area (Å²) in [4.78, 5) is 22.4. The van der Waals surface area contributed by atoms with E-state index in [1.165, 1.54) is 11.3 Å². The Labute approximate surface area is 170 Å². The number of pyridine rings is 1. The van der Waals surface area contributed by atoms with Crippen LogP contribution in [0.5, 0.6) is 11.5 Å². The Morgan fingerprint density at radius 2 is 2.07 bits per heavy atom. The van der Waals surface area contributed by atoms with Crippen LogP contribution in [0.15, 0.2) is 42.9 Å². The first kappa shape index (κ1) is 17.5. The van der Waals surface area contributed by atoms with Crippen LogP contribution >= 0.6 is 22.9 Å². The molecule has 1 N–H and O–H groups in total. The smallest absolute Gasteiger partial charge is 0.236 e. The van der Waals surface area contributed by atoms with Gasteiger partial charge in [0.2, 0.25) is 12.7 Å². The van der Waals surface area contributed by atoms with Gasteiger partial charge in [0.15, 0.2) is 16.6 Å². The Kier molecular flexibility index (Phi) is 4.21. The molecule has 1 aliphatic heterocycles. The molecule has 0 unspecified atom stereocenters. The second-order valence-electron chi connectivity index (χ2n) is 6.88. The number of nitrogens with one attached hydrogen (secondary N) is 1. The fourth-order valence-corrected chi connectivity index (χ4v) is 4.38. The van der Waals surface area contributed by atoms with Crippen LogP contribution in [0.3, 0.4) is 0 Å². The van der Waals surface area contributed by atoms with Crippen LogP contribution in [-0.4, -0.2) is 22.7 Å². The minimum Gasteiger partial charge on any atom is -0.454 e. The monoisotopic (exact) mass is 413 g/mol. The van der Waals surface area contributed by atoms with E-state index in [0.29, 0.717) is 22.3 Å². The van der Waals surface area contributed by atoms with Crippen LogP contribution in [0.4, 0.5) is 5.13 Å². The van der Waals surface area contributed by atoms with Gasteiger partial charge in [-0.25, -0.2) is 4.98 Å². The topological polar surface area (TPSA) is 73.3 Å². The van der Waals surface area contributed by atoms with Crippen LogP contribution in [-0.2, 0) is 16.6 Å². The molecule has 0 saturated heterocycles. The number of fused-ring (bicyclic) bond motifs is 1. The summed E-state index contributed by atoms with van der Waals surface area (Å²) < 4.78 is 10.8. The molecule has 2 aromatic heterocycles. The van der Waals surface area contributed by atoms with Gasteiger partial charge in [0.05, 0.1) is 10.4 Å². The van der Waals surface area contributed by atoms with Crippen molar-refractivity contribution in [2.24, 2.45) is 0 Å². The van der Waals surface area contributed by atoms with E-state index in [9.17, 15) is 4.79 Å². The highest BCUT2D eigenvalue weighted by atomic mass is 35.5. The lowest BCUT2D eigenvalue weighted by molar-refractivity contribution is -0.118. The largest absolute Gasteiger partial charge is 0.454 e. The van der Waals surface area contributed by atoms with Crippen molar-refractivity contribution in [3.63, 3.8) is 0 Å². The number of hydrogen-bond donors (Lipinski definition) is 1. The van der Waals surface area contributed by atoms with Gasteiger partial charge in [-0.15, -0.1) is 11.3 Å². The van der Waals surface area contributed by atoms with E-state index in [-0.39, 0.29) is 12.7 Å². The van der Waals surface area contributed by atoms with Crippen molar-refractivity contribution in [3.05, 3.63) is 63.9 Å². The molecule has 0 radical (unpaired) electrons. The lowest BCUT2D eigenvalue weighted by atomic mass is 9.94. The number of nitrogens with zero attached hydrogens (tertiary/aromatic N) is 2. The molecule has 142 valence electrons. The predicted octanol–water partition coefficient (Wildman–Crippen LogP) is 4.18. The number of thiazole rings is 1. The minimum atomic E-state index is -0.513. The summed E-state index contributed by atoms with van der Waals surface area (Å²) >= 11 is 7.63. The van der Waals surface area contributed by atoms with E-state index >= 15 is 0 Å². The number of rotatable bonds is 5. The van der Waals surface area contributed by atoms with Crippen LogP contribution in [0, 0.1) is 0 Å². The first-order valence-electron chi connectivity index (χ1n) is 8.89. The zero-order valence-electron chi connectivity index (χ0n) is 14.8.